The van der Waals surface area contributed by atoms with Gasteiger partial charge in [0, 0.05) is 19.1 Å². The molecule has 0 N–H and O–H groups in total. The summed E-state index contributed by atoms with van der Waals surface area (Å²) in [5.41, 5.74) is -1.32. The summed E-state index contributed by atoms with van der Waals surface area (Å²) in [6.45, 7) is 1.24. The molecule has 1 aromatic carbocycles. The minimum absolute atomic E-state index is 0.0651. The van der Waals surface area contributed by atoms with Gasteiger partial charge in [0.05, 0.1) is 30.8 Å². The SMILES string of the molecule is C[C@@]1(S(=O)(=O)c2cc(F)cc(C(F)(F)F)c2)CCOC(c2ncc(S(C)(=O)=O)cc2Cl)C1. The van der Waals surface area contributed by atoms with Gasteiger partial charge in [-0.25, -0.2) is 21.2 Å². The third-order valence-electron chi connectivity index (χ3n) is 5.30. The Morgan fingerprint density at radius 1 is 1.12 bits per heavy atom. The van der Waals surface area contributed by atoms with Crippen molar-refractivity contribution < 1.29 is 39.1 Å². The van der Waals surface area contributed by atoms with Gasteiger partial charge in [-0.15, -0.1) is 0 Å². The van der Waals surface area contributed by atoms with E-state index < -0.39 is 53.0 Å². The lowest BCUT2D eigenvalue weighted by Gasteiger charge is -2.37. The van der Waals surface area contributed by atoms with Gasteiger partial charge in [-0.05, 0) is 44.0 Å². The highest BCUT2D eigenvalue weighted by Crippen LogP contribution is 2.44. The van der Waals surface area contributed by atoms with Crippen molar-refractivity contribution in [1.82, 2.24) is 4.98 Å². The fraction of sp³-hybridized carbons (Fsp3) is 0.421. The van der Waals surface area contributed by atoms with Crippen LogP contribution < -0.4 is 0 Å². The zero-order valence-corrected chi connectivity index (χ0v) is 19.2. The quantitative estimate of drug-likeness (QED) is 0.561. The smallest absolute Gasteiger partial charge is 0.372 e. The minimum Gasteiger partial charge on any atom is -0.372 e. The number of benzene rings is 1. The summed E-state index contributed by atoms with van der Waals surface area (Å²) in [7, 11) is -8.03. The molecule has 0 radical (unpaired) electrons. The average molecular weight is 516 g/mol. The summed E-state index contributed by atoms with van der Waals surface area (Å²) < 4.78 is 107. The molecule has 0 amide bonds. The maximum atomic E-state index is 13.8. The number of halogens is 5. The van der Waals surface area contributed by atoms with Gasteiger partial charge in [0.1, 0.15) is 11.9 Å². The Bertz CT molecular complexity index is 1260. The van der Waals surface area contributed by atoms with Crippen molar-refractivity contribution in [3.8, 4) is 0 Å². The van der Waals surface area contributed by atoms with Crippen molar-refractivity contribution >= 4 is 31.3 Å². The van der Waals surface area contributed by atoms with Crippen LogP contribution in [-0.4, -0.2) is 39.4 Å². The Balaban J connectivity index is 2.00. The van der Waals surface area contributed by atoms with E-state index in [-0.39, 0.29) is 41.1 Å². The van der Waals surface area contributed by atoms with Crippen LogP contribution in [0.25, 0.3) is 0 Å². The predicted molar refractivity (Wildman–Crippen MR) is 107 cm³/mol. The van der Waals surface area contributed by atoms with Crippen LogP contribution in [0.2, 0.25) is 5.02 Å². The van der Waals surface area contributed by atoms with E-state index >= 15 is 0 Å². The van der Waals surface area contributed by atoms with E-state index in [1.807, 2.05) is 0 Å². The van der Waals surface area contributed by atoms with Crippen LogP contribution in [0.1, 0.15) is 37.1 Å². The minimum atomic E-state index is -4.93. The normalized spacial score (nSPS) is 22.7. The molecular weight excluding hydrogens is 498 g/mol. The van der Waals surface area contributed by atoms with Gasteiger partial charge in [0.2, 0.25) is 0 Å². The van der Waals surface area contributed by atoms with E-state index in [1.165, 1.54) is 6.92 Å². The number of nitrogens with zero attached hydrogens (tertiary/aromatic N) is 1. The molecule has 0 bridgehead atoms. The van der Waals surface area contributed by atoms with Gasteiger partial charge in [0.25, 0.3) is 0 Å². The summed E-state index contributed by atoms with van der Waals surface area (Å²) in [6.07, 6.45) is -4.18. The van der Waals surface area contributed by atoms with Gasteiger partial charge >= 0.3 is 6.18 Å². The first-order valence-corrected chi connectivity index (χ1v) is 12.9. The second-order valence-electron chi connectivity index (χ2n) is 7.75. The summed E-state index contributed by atoms with van der Waals surface area (Å²) in [5, 5.41) is -0.0651. The number of hydrogen-bond donors (Lipinski definition) is 0. The summed E-state index contributed by atoms with van der Waals surface area (Å²) in [6, 6.07) is 2.33. The Morgan fingerprint density at radius 2 is 1.78 bits per heavy atom. The monoisotopic (exact) mass is 515 g/mol. The molecule has 2 atom stereocenters. The topological polar surface area (TPSA) is 90.4 Å². The highest BCUT2D eigenvalue weighted by Gasteiger charge is 2.46. The molecule has 0 spiro atoms. The summed E-state index contributed by atoms with van der Waals surface area (Å²) in [4.78, 5) is 3.08. The molecule has 176 valence electrons. The second kappa shape index (κ2) is 8.23. The maximum Gasteiger partial charge on any atom is 0.416 e. The predicted octanol–water partition coefficient (Wildman–Crippen LogP) is 4.38. The van der Waals surface area contributed by atoms with E-state index in [1.54, 1.807) is 0 Å². The first kappa shape index (κ1) is 24.9. The van der Waals surface area contributed by atoms with E-state index in [4.69, 9.17) is 16.3 Å². The molecule has 0 aliphatic carbocycles. The van der Waals surface area contributed by atoms with Gasteiger partial charge in [-0.1, -0.05) is 11.6 Å². The Kier molecular flexibility index (Phi) is 6.39. The fourth-order valence-electron chi connectivity index (χ4n) is 3.43. The van der Waals surface area contributed by atoms with E-state index in [9.17, 15) is 34.4 Å². The lowest BCUT2D eigenvalue weighted by molar-refractivity contribution is -0.137. The number of pyridine rings is 1. The first-order valence-electron chi connectivity index (χ1n) is 9.14. The van der Waals surface area contributed by atoms with Gasteiger partial charge < -0.3 is 4.74 Å². The van der Waals surface area contributed by atoms with Crippen molar-refractivity contribution in [2.75, 3.05) is 12.9 Å². The third kappa shape index (κ3) is 4.78. The van der Waals surface area contributed by atoms with Gasteiger partial charge in [-0.2, -0.15) is 13.2 Å². The van der Waals surface area contributed by atoms with Crippen LogP contribution in [-0.2, 0) is 30.6 Å². The van der Waals surface area contributed by atoms with Gasteiger partial charge in [-0.3, -0.25) is 4.98 Å². The molecule has 13 heteroatoms. The van der Waals surface area contributed by atoms with E-state index in [2.05, 4.69) is 4.98 Å². The Morgan fingerprint density at radius 3 is 2.34 bits per heavy atom. The lowest BCUT2D eigenvalue weighted by Crippen LogP contribution is -2.42. The molecule has 1 aliphatic rings. The van der Waals surface area contributed by atoms with Crippen molar-refractivity contribution in [2.45, 2.75) is 46.6 Å². The fourth-order valence-corrected chi connectivity index (χ4v) is 6.20. The van der Waals surface area contributed by atoms with Crippen LogP contribution >= 0.6 is 11.6 Å². The average Bonchev–Trinajstić information content (AvgIpc) is 2.66. The molecular formula is C19H18ClF4NO5S2. The molecule has 32 heavy (non-hydrogen) atoms. The number of rotatable bonds is 4. The van der Waals surface area contributed by atoms with E-state index in [0.717, 1.165) is 18.5 Å². The third-order valence-corrected chi connectivity index (χ3v) is 9.21. The molecule has 2 aromatic rings. The van der Waals surface area contributed by atoms with Crippen LogP contribution in [0.3, 0.4) is 0 Å². The summed E-state index contributed by atoms with van der Waals surface area (Å²) >= 11 is 6.15. The lowest BCUT2D eigenvalue weighted by atomic mass is 9.94. The van der Waals surface area contributed by atoms with E-state index in [0.29, 0.717) is 12.1 Å². The zero-order valence-electron chi connectivity index (χ0n) is 16.8. The molecule has 1 fully saturated rings. The molecule has 0 saturated carbocycles. The molecule has 1 unspecified atom stereocenters. The highest BCUT2D eigenvalue weighted by atomic mass is 35.5. The second-order valence-corrected chi connectivity index (χ2v) is 12.6. The van der Waals surface area contributed by atoms with Crippen LogP contribution in [0.5, 0.6) is 0 Å². The molecule has 1 aliphatic heterocycles. The number of aromatic nitrogens is 1. The Labute approximate surface area is 187 Å². The maximum absolute atomic E-state index is 13.8. The molecule has 1 aromatic heterocycles. The largest absolute Gasteiger partial charge is 0.416 e. The van der Waals surface area contributed by atoms with Crippen molar-refractivity contribution in [1.29, 1.82) is 0 Å². The molecule has 2 heterocycles. The number of sulfone groups is 2. The zero-order chi connectivity index (χ0) is 24.1. The first-order chi connectivity index (χ1) is 14.5. The summed E-state index contributed by atoms with van der Waals surface area (Å²) in [5.74, 6) is -1.33. The Hall–Kier alpha value is -1.76. The molecule has 6 nitrogen and oxygen atoms in total. The standard InChI is InChI=1S/C19H18ClF4NO5S2/c1-18(32(28,29)13-6-11(19(22,23)24)5-12(21)7-13)3-4-30-16(9-18)17-15(20)8-14(10-25-17)31(2,26)27/h5-8,10,16H,3-4,9H2,1-2H3/t16?,18-/m1/s1. The van der Waals surface area contributed by atoms with Crippen LogP contribution in [0, 0.1) is 5.82 Å². The molecule has 1 saturated heterocycles. The van der Waals surface area contributed by atoms with Crippen molar-refractivity contribution in [2.24, 2.45) is 0 Å². The van der Waals surface area contributed by atoms with Gasteiger partial charge in [0.15, 0.2) is 19.7 Å². The number of ether oxygens (including phenoxy) is 1. The van der Waals surface area contributed by atoms with Crippen molar-refractivity contribution in [3.05, 3.63) is 52.6 Å². The number of alkyl halides is 3. The van der Waals surface area contributed by atoms with Crippen LogP contribution in [0.4, 0.5) is 17.6 Å². The number of hydrogen-bond acceptors (Lipinski definition) is 6. The van der Waals surface area contributed by atoms with Crippen molar-refractivity contribution in [3.63, 3.8) is 0 Å². The molecule has 3 rings (SSSR count). The highest BCUT2D eigenvalue weighted by molar-refractivity contribution is 7.92. The van der Waals surface area contributed by atoms with Crippen LogP contribution in [0.15, 0.2) is 40.3 Å².